The van der Waals surface area contributed by atoms with Gasteiger partial charge < -0.3 is 5.32 Å². The van der Waals surface area contributed by atoms with E-state index in [2.05, 4.69) is 5.32 Å². The molecule has 0 amide bonds. The Morgan fingerprint density at radius 1 is 1.33 bits per heavy atom. The number of hydrogen-bond acceptors (Lipinski definition) is 2. The van der Waals surface area contributed by atoms with Crippen molar-refractivity contribution in [2.24, 2.45) is 5.92 Å². The largest absolute Gasteiger partial charge is 0.316 e. The van der Waals surface area contributed by atoms with Crippen molar-refractivity contribution in [3.8, 4) is 0 Å². The number of nitrogens with one attached hydrogen (secondary N) is 1. The summed E-state index contributed by atoms with van der Waals surface area (Å²) in [6, 6.07) is 3.64. The zero-order valence-corrected chi connectivity index (χ0v) is 10.2. The minimum atomic E-state index is -0.889. The number of Topliss-reactive ketones (excluding diaryl/α,β-unsaturated/α-hetero) is 1. The van der Waals surface area contributed by atoms with E-state index < -0.39 is 11.6 Å². The lowest BCUT2D eigenvalue weighted by Gasteiger charge is -2.21. The molecule has 98 valence electrons. The summed E-state index contributed by atoms with van der Waals surface area (Å²) in [5.74, 6) is -1.28. The lowest BCUT2D eigenvalue weighted by Crippen LogP contribution is -2.31. The Bertz CT molecular complexity index is 428. The van der Waals surface area contributed by atoms with E-state index in [-0.39, 0.29) is 12.2 Å². The van der Waals surface area contributed by atoms with Gasteiger partial charge in [-0.25, -0.2) is 8.78 Å². The van der Waals surface area contributed by atoms with Gasteiger partial charge in [0.15, 0.2) is 11.6 Å². The first-order chi connectivity index (χ1) is 8.65. The molecule has 1 N–H and O–H groups in total. The van der Waals surface area contributed by atoms with Crippen molar-refractivity contribution in [2.45, 2.75) is 25.7 Å². The van der Waals surface area contributed by atoms with E-state index >= 15 is 0 Å². The molecule has 0 aliphatic carbocycles. The maximum Gasteiger partial charge on any atom is 0.159 e. The standard InChI is InChI=1S/C14H17F2NO/c15-13-4-3-10(8-14(13)16)6-12(18)7-11-2-1-5-17-9-11/h3-4,8,11,17H,1-2,5-7,9H2. The molecule has 0 aromatic heterocycles. The Labute approximate surface area is 105 Å². The van der Waals surface area contributed by atoms with Crippen molar-refractivity contribution in [3.05, 3.63) is 35.4 Å². The number of rotatable bonds is 4. The molecule has 1 unspecified atom stereocenters. The molecular formula is C14H17F2NO. The summed E-state index contributed by atoms with van der Waals surface area (Å²) in [6.07, 6.45) is 2.87. The van der Waals surface area contributed by atoms with Crippen LogP contribution in [0.25, 0.3) is 0 Å². The third-order valence-corrected chi connectivity index (χ3v) is 3.30. The van der Waals surface area contributed by atoms with E-state index in [9.17, 15) is 13.6 Å². The number of ketones is 1. The molecule has 1 saturated heterocycles. The van der Waals surface area contributed by atoms with Crippen LogP contribution in [0.1, 0.15) is 24.8 Å². The van der Waals surface area contributed by atoms with Crippen LogP contribution >= 0.6 is 0 Å². The van der Waals surface area contributed by atoms with Crippen molar-refractivity contribution < 1.29 is 13.6 Å². The van der Waals surface area contributed by atoms with Crippen molar-refractivity contribution in [2.75, 3.05) is 13.1 Å². The van der Waals surface area contributed by atoms with Crippen LogP contribution in [0.5, 0.6) is 0 Å². The van der Waals surface area contributed by atoms with Gasteiger partial charge in [0.1, 0.15) is 5.78 Å². The van der Waals surface area contributed by atoms with Gasteiger partial charge in [0.25, 0.3) is 0 Å². The lowest BCUT2D eigenvalue weighted by molar-refractivity contribution is -0.119. The van der Waals surface area contributed by atoms with Crippen LogP contribution in [0.15, 0.2) is 18.2 Å². The Kier molecular flexibility index (Phi) is 4.42. The molecule has 0 spiro atoms. The molecule has 0 bridgehead atoms. The van der Waals surface area contributed by atoms with Crippen molar-refractivity contribution in [1.82, 2.24) is 5.32 Å². The highest BCUT2D eigenvalue weighted by Gasteiger charge is 2.17. The smallest absolute Gasteiger partial charge is 0.159 e. The van der Waals surface area contributed by atoms with E-state index in [1.165, 1.54) is 6.07 Å². The third-order valence-electron chi connectivity index (χ3n) is 3.30. The molecular weight excluding hydrogens is 236 g/mol. The predicted octanol–water partition coefficient (Wildman–Crippen LogP) is 2.47. The first-order valence-electron chi connectivity index (χ1n) is 6.31. The second kappa shape index (κ2) is 6.05. The Hall–Kier alpha value is -1.29. The highest BCUT2D eigenvalue weighted by molar-refractivity contribution is 5.81. The van der Waals surface area contributed by atoms with Gasteiger partial charge in [-0.15, -0.1) is 0 Å². The van der Waals surface area contributed by atoms with Crippen LogP contribution in [0, 0.1) is 17.6 Å². The normalized spacial score (nSPS) is 19.8. The SMILES string of the molecule is O=C(Cc1ccc(F)c(F)c1)CC1CCCNC1. The molecule has 1 aliphatic rings. The Morgan fingerprint density at radius 3 is 2.83 bits per heavy atom. The monoisotopic (exact) mass is 253 g/mol. The van der Waals surface area contributed by atoms with Gasteiger partial charge in [0.05, 0.1) is 0 Å². The fraction of sp³-hybridized carbons (Fsp3) is 0.500. The predicted molar refractivity (Wildman–Crippen MR) is 65.3 cm³/mol. The van der Waals surface area contributed by atoms with Gasteiger partial charge in [0, 0.05) is 12.8 Å². The zero-order valence-electron chi connectivity index (χ0n) is 10.2. The number of piperidine rings is 1. The molecule has 1 aliphatic heterocycles. The van der Waals surface area contributed by atoms with Crippen LogP contribution in [0.3, 0.4) is 0 Å². The molecule has 2 nitrogen and oxygen atoms in total. The highest BCUT2D eigenvalue weighted by atomic mass is 19.2. The Morgan fingerprint density at radius 2 is 2.17 bits per heavy atom. The first-order valence-corrected chi connectivity index (χ1v) is 6.31. The fourth-order valence-corrected chi connectivity index (χ4v) is 2.37. The lowest BCUT2D eigenvalue weighted by atomic mass is 9.92. The number of benzene rings is 1. The van der Waals surface area contributed by atoms with E-state index in [1.54, 1.807) is 0 Å². The molecule has 4 heteroatoms. The molecule has 1 aromatic rings. The molecule has 1 heterocycles. The van der Waals surface area contributed by atoms with Crippen LogP contribution in [-0.2, 0) is 11.2 Å². The summed E-state index contributed by atoms with van der Waals surface area (Å²) in [5, 5.41) is 3.26. The van der Waals surface area contributed by atoms with E-state index in [0.717, 1.165) is 38.1 Å². The van der Waals surface area contributed by atoms with Gasteiger partial charge in [-0.05, 0) is 49.5 Å². The molecule has 18 heavy (non-hydrogen) atoms. The maximum absolute atomic E-state index is 13.0. The molecule has 1 aromatic carbocycles. The van der Waals surface area contributed by atoms with Crippen molar-refractivity contribution in [1.29, 1.82) is 0 Å². The minimum absolute atomic E-state index is 0.0923. The molecule has 0 radical (unpaired) electrons. The second-order valence-corrected chi connectivity index (χ2v) is 4.88. The average Bonchev–Trinajstić information content (AvgIpc) is 2.35. The zero-order chi connectivity index (χ0) is 13.0. The quantitative estimate of drug-likeness (QED) is 0.893. The van der Waals surface area contributed by atoms with Crippen molar-refractivity contribution >= 4 is 5.78 Å². The number of carbonyl (C=O) groups is 1. The maximum atomic E-state index is 13.0. The van der Waals surface area contributed by atoms with E-state index in [1.807, 2.05) is 0 Å². The summed E-state index contributed by atoms with van der Waals surface area (Å²) in [4.78, 5) is 11.8. The molecule has 0 saturated carbocycles. The molecule has 1 fully saturated rings. The van der Waals surface area contributed by atoms with Gasteiger partial charge in [-0.2, -0.15) is 0 Å². The van der Waals surface area contributed by atoms with Gasteiger partial charge in [-0.3, -0.25) is 4.79 Å². The number of hydrogen-bond donors (Lipinski definition) is 1. The number of halogens is 2. The summed E-state index contributed by atoms with van der Waals surface area (Å²) in [7, 11) is 0. The summed E-state index contributed by atoms with van der Waals surface area (Å²) in [5.41, 5.74) is 0.544. The van der Waals surface area contributed by atoms with Crippen LogP contribution in [-0.4, -0.2) is 18.9 Å². The summed E-state index contributed by atoms with van der Waals surface area (Å²) >= 11 is 0. The van der Waals surface area contributed by atoms with Gasteiger partial charge in [0.2, 0.25) is 0 Å². The average molecular weight is 253 g/mol. The fourth-order valence-electron chi connectivity index (χ4n) is 2.37. The van der Waals surface area contributed by atoms with Crippen LogP contribution in [0.2, 0.25) is 0 Å². The van der Waals surface area contributed by atoms with Crippen LogP contribution < -0.4 is 5.32 Å². The second-order valence-electron chi connectivity index (χ2n) is 4.88. The van der Waals surface area contributed by atoms with E-state index in [0.29, 0.717) is 17.9 Å². The van der Waals surface area contributed by atoms with Crippen molar-refractivity contribution in [3.63, 3.8) is 0 Å². The summed E-state index contributed by atoms with van der Waals surface area (Å²) < 4.78 is 25.7. The summed E-state index contributed by atoms with van der Waals surface area (Å²) in [6.45, 7) is 1.90. The molecule has 1 atom stereocenters. The minimum Gasteiger partial charge on any atom is -0.316 e. The Balaban J connectivity index is 1.88. The first kappa shape index (κ1) is 13.1. The van der Waals surface area contributed by atoms with Gasteiger partial charge >= 0.3 is 0 Å². The van der Waals surface area contributed by atoms with E-state index in [4.69, 9.17) is 0 Å². The number of carbonyl (C=O) groups excluding carboxylic acids is 1. The topological polar surface area (TPSA) is 29.1 Å². The van der Waals surface area contributed by atoms with Crippen LogP contribution in [0.4, 0.5) is 8.78 Å². The highest BCUT2D eigenvalue weighted by Crippen LogP contribution is 2.16. The third kappa shape index (κ3) is 3.60. The van der Waals surface area contributed by atoms with Gasteiger partial charge in [-0.1, -0.05) is 6.07 Å². The molecule has 2 rings (SSSR count).